The third-order valence-corrected chi connectivity index (χ3v) is 3.63. The molecule has 3 rings (SSSR count). The fourth-order valence-corrected chi connectivity index (χ4v) is 2.44. The van der Waals surface area contributed by atoms with Crippen LogP contribution in [0.15, 0.2) is 34.9 Å². The zero-order valence-electron chi connectivity index (χ0n) is 12.0. The Bertz CT molecular complexity index is 956. The Balaban J connectivity index is 2.05. The lowest BCUT2D eigenvalue weighted by molar-refractivity contribution is 0.373. The lowest BCUT2D eigenvalue weighted by Crippen LogP contribution is -1.87. The van der Waals surface area contributed by atoms with E-state index in [4.69, 9.17) is 4.74 Å². The van der Waals surface area contributed by atoms with E-state index >= 15 is 0 Å². The Morgan fingerprint density at radius 2 is 2.26 bits per heavy atom. The number of hydrogen-bond donors (Lipinski definition) is 2. The first-order valence-corrected chi connectivity index (χ1v) is 7.40. The number of benzene rings is 1. The van der Waals surface area contributed by atoms with E-state index in [2.05, 4.69) is 37.0 Å². The normalized spacial score (nSPS) is 11.4. The summed E-state index contributed by atoms with van der Waals surface area (Å²) in [4.78, 5) is 11.6. The lowest BCUT2D eigenvalue weighted by Gasteiger charge is -2.04. The number of methoxy groups -OCH3 is 1. The number of H-pyrrole nitrogens is 1. The molecule has 1 aromatic carbocycles. The number of aromatic amines is 1. The molecule has 0 aliphatic heterocycles. The zero-order chi connectivity index (χ0) is 16.4. The molecule has 0 radical (unpaired) electrons. The largest absolute Gasteiger partial charge is 0.504 e. The van der Waals surface area contributed by atoms with Gasteiger partial charge in [0.15, 0.2) is 23.0 Å². The highest BCUT2D eigenvalue weighted by Gasteiger charge is 2.10. The van der Waals surface area contributed by atoms with Gasteiger partial charge < -0.3 is 14.8 Å². The number of hydrogen-bond acceptors (Lipinski definition) is 5. The Labute approximate surface area is 140 Å². The maximum atomic E-state index is 9.62. The molecule has 0 fully saturated rings. The molecule has 23 heavy (non-hydrogen) atoms. The van der Waals surface area contributed by atoms with Crippen molar-refractivity contribution in [3.8, 4) is 17.6 Å². The predicted octanol–water partition coefficient (Wildman–Crippen LogP) is 3.50. The van der Waals surface area contributed by atoms with Gasteiger partial charge in [-0.15, -0.1) is 0 Å². The first-order valence-electron chi connectivity index (χ1n) is 6.61. The number of pyridine rings is 1. The minimum atomic E-state index is 0.0425. The Kier molecular flexibility index (Phi) is 4.00. The van der Waals surface area contributed by atoms with Crippen LogP contribution < -0.4 is 4.74 Å². The van der Waals surface area contributed by atoms with Crippen LogP contribution in [0, 0.1) is 11.3 Å². The van der Waals surface area contributed by atoms with E-state index in [9.17, 15) is 10.4 Å². The molecule has 3 aromatic rings. The van der Waals surface area contributed by atoms with Crippen LogP contribution in [0.25, 0.3) is 22.8 Å². The fourth-order valence-electron chi connectivity index (χ4n) is 2.11. The summed E-state index contributed by atoms with van der Waals surface area (Å²) in [7, 11) is 1.47. The van der Waals surface area contributed by atoms with Gasteiger partial charge in [-0.1, -0.05) is 6.07 Å². The van der Waals surface area contributed by atoms with Crippen LogP contribution in [0.4, 0.5) is 0 Å². The molecule has 2 heterocycles. The van der Waals surface area contributed by atoms with Gasteiger partial charge in [0.2, 0.25) is 0 Å². The summed E-state index contributed by atoms with van der Waals surface area (Å²) in [5.41, 5.74) is 2.34. The van der Waals surface area contributed by atoms with Gasteiger partial charge >= 0.3 is 0 Å². The van der Waals surface area contributed by atoms with Crippen LogP contribution in [-0.4, -0.2) is 27.2 Å². The van der Waals surface area contributed by atoms with Gasteiger partial charge in [0.1, 0.15) is 6.07 Å². The van der Waals surface area contributed by atoms with Crippen molar-refractivity contribution >= 4 is 38.7 Å². The third kappa shape index (κ3) is 3.03. The smallest absolute Gasteiger partial charge is 0.178 e. The summed E-state index contributed by atoms with van der Waals surface area (Å²) < 4.78 is 5.89. The number of fused-ring (bicyclic) bond motifs is 1. The average molecular weight is 371 g/mol. The number of nitrogens with one attached hydrogen (secondary N) is 1. The summed E-state index contributed by atoms with van der Waals surface area (Å²) in [6.45, 7) is 0. The van der Waals surface area contributed by atoms with Crippen molar-refractivity contribution < 1.29 is 9.84 Å². The highest BCUT2D eigenvalue weighted by Crippen LogP contribution is 2.28. The van der Waals surface area contributed by atoms with E-state index in [1.807, 2.05) is 6.07 Å². The number of halogens is 1. The van der Waals surface area contributed by atoms with Gasteiger partial charge in [-0.3, -0.25) is 0 Å². The van der Waals surface area contributed by atoms with Gasteiger partial charge in [0.05, 0.1) is 18.2 Å². The van der Waals surface area contributed by atoms with Crippen molar-refractivity contribution in [2.75, 3.05) is 7.11 Å². The zero-order valence-corrected chi connectivity index (χ0v) is 13.6. The van der Waals surface area contributed by atoms with Gasteiger partial charge in [0.25, 0.3) is 0 Å². The quantitative estimate of drug-likeness (QED) is 0.688. The minimum Gasteiger partial charge on any atom is -0.504 e. The fraction of sp³-hybridized carbons (Fsp3) is 0.0625. The third-order valence-electron chi connectivity index (χ3n) is 3.19. The first kappa shape index (κ1) is 15.1. The number of rotatable bonds is 3. The minimum absolute atomic E-state index is 0.0425. The van der Waals surface area contributed by atoms with E-state index in [0.717, 1.165) is 9.99 Å². The van der Waals surface area contributed by atoms with Crippen LogP contribution in [0.1, 0.15) is 11.4 Å². The summed E-state index contributed by atoms with van der Waals surface area (Å²) in [5.74, 6) is 0.812. The van der Waals surface area contributed by atoms with E-state index in [1.54, 1.807) is 24.4 Å². The molecule has 7 heteroatoms. The molecule has 0 aliphatic rings. The molecular formula is C16H11BrN4O2. The van der Waals surface area contributed by atoms with Crippen LogP contribution >= 0.6 is 15.9 Å². The highest BCUT2D eigenvalue weighted by atomic mass is 79.9. The molecular weight excluding hydrogens is 360 g/mol. The van der Waals surface area contributed by atoms with Gasteiger partial charge in [-0.2, -0.15) is 5.26 Å². The van der Waals surface area contributed by atoms with Crippen molar-refractivity contribution in [1.82, 2.24) is 15.0 Å². The average Bonchev–Trinajstić information content (AvgIpc) is 2.96. The van der Waals surface area contributed by atoms with Crippen molar-refractivity contribution in [3.63, 3.8) is 0 Å². The second-order valence-electron chi connectivity index (χ2n) is 4.71. The van der Waals surface area contributed by atoms with Crippen molar-refractivity contribution in [2.45, 2.75) is 0 Å². The molecule has 0 aliphatic carbocycles. The maximum Gasteiger partial charge on any atom is 0.178 e. The van der Waals surface area contributed by atoms with E-state index in [1.165, 1.54) is 13.2 Å². The summed E-state index contributed by atoms with van der Waals surface area (Å²) in [6.07, 6.45) is 3.31. The van der Waals surface area contributed by atoms with Gasteiger partial charge in [-0.05, 0) is 45.8 Å². The van der Waals surface area contributed by atoms with Crippen LogP contribution in [0.2, 0.25) is 0 Å². The molecule has 2 N–H and O–H groups in total. The first-order chi connectivity index (χ1) is 11.1. The Morgan fingerprint density at radius 1 is 1.43 bits per heavy atom. The molecule has 0 unspecified atom stereocenters. The van der Waals surface area contributed by atoms with Crippen molar-refractivity contribution in [1.29, 1.82) is 5.26 Å². The molecule has 0 saturated heterocycles. The number of allylic oxidation sites excluding steroid dienone is 1. The van der Waals surface area contributed by atoms with Crippen LogP contribution in [0.3, 0.4) is 0 Å². The van der Waals surface area contributed by atoms with Crippen molar-refractivity contribution in [3.05, 3.63) is 46.3 Å². The summed E-state index contributed by atoms with van der Waals surface area (Å²) in [6, 6.07) is 8.80. The molecule has 0 saturated carbocycles. The molecule has 0 bridgehead atoms. The summed E-state index contributed by atoms with van der Waals surface area (Å²) in [5, 5.41) is 19.0. The number of aromatic hydroxyl groups is 1. The molecule has 0 atom stereocenters. The van der Waals surface area contributed by atoms with E-state index in [-0.39, 0.29) is 5.75 Å². The van der Waals surface area contributed by atoms with Crippen LogP contribution in [-0.2, 0) is 0 Å². The van der Waals surface area contributed by atoms with Crippen molar-refractivity contribution in [2.24, 2.45) is 0 Å². The second kappa shape index (κ2) is 6.10. The standard InChI is InChI=1S/C16H11BrN4O2/c1-23-14-5-9(2-3-13(14)22)4-10(7-18)15-20-12-6-11(17)8-19-16(12)21-15/h2-6,8,22H,1H3,(H,19,20,21)/b10-4-. The van der Waals surface area contributed by atoms with Gasteiger partial charge in [0, 0.05) is 10.7 Å². The number of imidazole rings is 1. The number of phenolic OH excluding ortho intramolecular Hbond substituents is 1. The topological polar surface area (TPSA) is 94.8 Å². The number of nitrogens with zero attached hydrogens (tertiary/aromatic N) is 3. The summed E-state index contributed by atoms with van der Waals surface area (Å²) >= 11 is 3.34. The molecule has 2 aromatic heterocycles. The molecule has 0 spiro atoms. The SMILES string of the molecule is COc1cc(/C=C(/C#N)c2nc3ncc(Br)cc3[nH]2)ccc1O. The number of nitriles is 1. The number of ether oxygens (including phenoxy) is 1. The van der Waals surface area contributed by atoms with E-state index < -0.39 is 0 Å². The monoisotopic (exact) mass is 370 g/mol. The van der Waals surface area contributed by atoms with Gasteiger partial charge in [-0.25, -0.2) is 9.97 Å². The Morgan fingerprint density at radius 3 is 3.00 bits per heavy atom. The van der Waals surface area contributed by atoms with Crippen LogP contribution in [0.5, 0.6) is 11.5 Å². The number of phenols is 1. The second-order valence-corrected chi connectivity index (χ2v) is 5.63. The molecule has 6 nitrogen and oxygen atoms in total. The molecule has 114 valence electrons. The highest BCUT2D eigenvalue weighted by molar-refractivity contribution is 9.10. The van der Waals surface area contributed by atoms with E-state index in [0.29, 0.717) is 28.4 Å². The lowest BCUT2D eigenvalue weighted by atomic mass is 10.1. The maximum absolute atomic E-state index is 9.62. The number of aromatic nitrogens is 3. The molecule has 0 amide bonds. The predicted molar refractivity (Wildman–Crippen MR) is 89.7 cm³/mol. The Hall–Kier alpha value is -2.85.